The van der Waals surface area contributed by atoms with Gasteiger partial charge in [0.2, 0.25) is 5.91 Å². The minimum Gasteiger partial charge on any atom is -0.508 e. The van der Waals surface area contributed by atoms with Crippen LogP contribution in [0.1, 0.15) is 5.56 Å². The maximum absolute atomic E-state index is 11.9. The van der Waals surface area contributed by atoms with E-state index in [2.05, 4.69) is 5.32 Å². The van der Waals surface area contributed by atoms with E-state index in [4.69, 9.17) is 11.6 Å². The number of carbonyl (C=O) groups is 1. The lowest BCUT2D eigenvalue weighted by atomic mass is 10.2. The van der Waals surface area contributed by atoms with Crippen molar-refractivity contribution in [3.63, 3.8) is 0 Å². The van der Waals surface area contributed by atoms with E-state index in [0.29, 0.717) is 10.8 Å². The third kappa shape index (κ3) is 4.18. The van der Waals surface area contributed by atoms with Gasteiger partial charge in [0.15, 0.2) is 0 Å². The van der Waals surface area contributed by atoms with Crippen molar-refractivity contribution >= 4 is 35.0 Å². The van der Waals surface area contributed by atoms with Crippen molar-refractivity contribution in [2.24, 2.45) is 0 Å². The van der Waals surface area contributed by atoms with E-state index in [9.17, 15) is 9.90 Å². The molecule has 2 N–H and O–H groups in total. The van der Waals surface area contributed by atoms with Crippen molar-refractivity contribution in [3.05, 3.63) is 53.1 Å². The number of anilines is 1. The van der Waals surface area contributed by atoms with Crippen LogP contribution in [0.25, 0.3) is 0 Å². The van der Waals surface area contributed by atoms with E-state index in [1.165, 1.54) is 11.8 Å². The summed E-state index contributed by atoms with van der Waals surface area (Å²) in [6.07, 6.45) is 0. The summed E-state index contributed by atoms with van der Waals surface area (Å²) < 4.78 is 0. The summed E-state index contributed by atoms with van der Waals surface area (Å²) in [5, 5.41) is 12.6. The summed E-state index contributed by atoms with van der Waals surface area (Å²) in [5.41, 5.74) is 1.70. The van der Waals surface area contributed by atoms with Gasteiger partial charge in [0, 0.05) is 15.6 Å². The SMILES string of the molecule is Cc1ccc(Cl)cc1NC(=O)CSc1ccc(O)cc1. The molecule has 0 aliphatic rings. The van der Waals surface area contributed by atoms with E-state index < -0.39 is 0 Å². The quantitative estimate of drug-likeness (QED) is 0.837. The number of nitrogens with one attached hydrogen (secondary N) is 1. The van der Waals surface area contributed by atoms with Crippen molar-refractivity contribution in [1.82, 2.24) is 0 Å². The number of thioether (sulfide) groups is 1. The van der Waals surface area contributed by atoms with E-state index in [-0.39, 0.29) is 11.7 Å². The molecule has 0 saturated heterocycles. The first-order valence-corrected chi connectivity index (χ1v) is 7.39. The summed E-state index contributed by atoms with van der Waals surface area (Å²) in [4.78, 5) is 12.8. The van der Waals surface area contributed by atoms with Crippen LogP contribution in [0, 0.1) is 6.92 Å². The van der Waals surface area contributed by atoms with Crippen LogP contribution in [0.4, 0.5) is 5.69 Å². The zero-order valence-corrected chi connectivity index (χ0v) is 12.5. The number of halogens is 1. The molecule has 2 aromatic carbocycles. The normalized spacial score (nSPS) is 10.3. The summed E-state index contributed by atoms with van der Waals surface area (Å²) in [6.45, 7) is 1.92. The van der Waals surface area contributed by atoms with Gasteiger partial charge in [-0.1, -0.05) is 17.7 Å². The highest BCUT2D eigenvalue weighted by atomic mass is 35.5. The standard InChI is InChI=1S/C15H14ClNO2S/c1-10-2-3-11(16)8-14(10)17-15(19)9-20-13-6-4-12(18)5-7-13/h2-8,18H,9H2,1H3,(H,17,19). The van der Waals surface area contributed by atoms with Gasteiger partial charge < -0.3 is 10.4 Å². The summed E-state index contributed by atoms with van der Waals surface area (Å²) >= 11 is 7.32. The average molecular weight is 308 g/mol. The zero-order chi connectivity index (χ0) is 14.5. The molecule has 0 bridgehead atoms. The molecule has 104 valence electrons. The predicted molar refractivity (Wildman–Crippen MR) is 83.6 cm³/mol. The van der Waals surface area contributed by atoms with E-state index in [1.54, 1.807) is 36.4 Å². The second kappa shape index (κ2) is 6.68. The van der Waals surface area contributed by atoms with Crippen molar-refractivity contribution in [3.8, 4) is 5.75 Å². The maximum Gasteiger partial charge on any atom is 0.234 e. The fourth-order valence-electron chi connectivity index (χ4n) is 1.61. The van der Waals surface area contributed by atoms with Gasteiger partial charge in [0.25, 0.3) is 0 Å². The second-order valence-electron chi connectivity index (χ2n) is 4.29. The molecular weight excluding hydrogens is 294 g/mol. The lowest BCUT2D eigenvalue weighted by molar-refractivity contribution is -0.113. The third-order valence-electron chi connectivity index (χ3n) is 2.68. The molecule has 0 atom stereocenters. The number of hydrogen-bond donors (Lipinski definition) is 2. The molecule has 0 radical (unpaired) electrons. The minimum atomic E-state index is -0.0894. The third-order valence-corrected chi connectivity index (χ3v) is 3.93. The number of aryl methyl sites for hydroxylation is 1. The summed E-state index contributed by atoms with van der Waals surface area (Å²) in [6, 6.07) is 12.1. The largest absolute Gasteiger partial charge is 0.508 e. The van der Waals surface area contributed by atoms with Gasteiger partial charge in [0.1, 0.15) is 5.75 Å². The molecule has 0 heterocycles. The lowest BCUT2D eigenvalue weighted by Gasteiger charge is -2.08. The van der Waals surface area contributed by atoms with Gasteiger partial charge in [-0.15, -0.1) is 11.8 Å². The van der Waals surface area contributed by atoms with Crippen molar-refractivity contribution in [2.45, 2.75) is 11.8 Å². The highest BCUT2D eigenvalue weighted by molar-refractivity contribution is 8.00. The number of hydrogen-bond acceptors (Lipinski definition) is 3. The zero-order valence-electron chi connectivity index (χ0n) is 10.9. The Morgan fingerprint density at radius 3 is 2.65 bits per heavy atom. The van der Waals surface area contributed by atoms with Gasteiger partial charge in [-0.05, 0) is 48.9 Å². The fraction of sp³-hybridized carbons (Fsp3) is 0.133. The molecule has 0 aromatic heterocycles. The number of phenols is 1. The number of benzene rings is 2. The monoisotopic (exact) mass is 307 g/mol. The minimum absolute atomic E-state index is 0.0894. The smallest absolute Gasteiger partial charge is 0.234 e. The average Bonchev–Trinajstić information content (AvgIpc) is 2.42. The highest BCUT2D eigenvalue weighted by Gasteiger charge is 2.06. The van der Waals surface area contributed by atoms with E-state index >= 15 is 0 Å². The maximum atomic E-state index is 11.9. The molecule has 0 unspecified atom stereocenters. The molecule has 0 spiro atoms. The Labute approximate surface area is 127 Å². The van der Waals surface area contributed by atoms with Crippen LogP contribution in [-0.4, -0.2) is 16.8 Å². The number of aromatic hydroxyl groups is 1. The van der Waals surface area contributed by atoms with Gasteiger partial charge in [0.05, 0.1) is 5.75 Å². The topological polar surface area (TPSA) is 49.3 Å². The number of rotatable bonds is 4. The molecule has 2 rings (SSSR count). The molecule has 0 aliphatic carbocycles. The molecule has 2 aromatic rings. The van der Waals surface area contributed by atoms with Gasteiger partial charge in [-0.3, -0.25) is 4.79 Å². The molecule has 20 heavy (non-hydrogen) atoms. The Balaban J connectivity index is 1.92. The Kier molecular flexibility index (Phi) is 4.93. The highest BCUT2D eigenvalue weighted by Crippen LogP contribution is 2.23. The van der Waals surface area contributed by atoms with Crippen LogP contribution in [0.2, 0.25) is 5.02 Å². The molecule has 0 fully saturated rings. The Hall–Kier alpha value is -1.65. The van der Waals surface area contributed by atoms with E-state index in [1.807, 2.05) is 13.0 Å². The van der Waals surface area contributed by atoms with Crippen molar-refractivity contribution in [1.29, 1.82) is 0 Å². The van der Waals surface area contributed by atoms with Crippen molar-refractivity contribution in [2.75, 3.05) is 11.1 Å². The first kappa shape index (κ1) is 14.8. The molecule has 1 amide bonds. The van der Waals surface area contributed by atoms with Crippen molar-refractivity contribution < 1.29 is 9.90 Å². The first-order valence-electron chi connectivity index (χ1n) is 6.02. The fourth-order valence-corrected chi connectivity index (χ4v) is 2.48. The van der Waals surface area contributed by atoms with Gasteiger partial charge in [-0.25, -0.2) is 0 Å². The Morgan fingerprint density at radius 1 is 1.25 bits per heavy atom. The second-order valence-corrected chi connectivity index (χ2v) is 5.78. The molecular formula is C15H14ClNO2S. The Bertz CT molecular complexity index is 614. The number of amides is 1. The van der Waals surface area contributed by atoms with E-state index in [0.717, 1.165) is 16.1 Å². The number of phenolic OH excluding ortho intramolecular Hbond substituents is 1. The molecule has 0 aliphatic heterocycles. The first-order chi connectivity index (χ1) is 9.54. The van der Waals surface area contributed by atoms with Crippen LogP contribution in [0.15, 0.2) is 47.4 Å². The summed E-state index contributed by atoms with van der Waals surface area (Å²) in [7, 11) is 0. The molecule has 0 saturated carbocycles. The summed E-state index contributed by atoms with van der Waals surface area (Å²) in [5.74, 6) is 0.429. The van der Waals surface area contributed by atoms with Gasteiger partial charge >= 0.3 is 0 Å². The van der Waals surface area contributed by atoms with Crippen LogP contribution in [0.5, 0.6) is 5.75 Å². The van der Waals surface area contributed by atoms with Gasteiger partial charge in [-0.2, -0.15) is 0 Å². The molecule has 5 heteroatoms. The van der Waals surface area contributed by atoms with Crippen LogP contribution >= 0.6 is 23.4 Å². The predicted octanol–water partition coefficient (Wildman–Crippen LogP) is 4.08. The number of carbonyl (C=O) groups excluding carboxylic acids is 1. The van der Waals surface area contributed by atoms with Crippen LogP contribution in [-0.2, 0) is 4.79 Å². The van der Waals surface area contributed by atoms with Crippen LogP contribution < -0.4 is 5.32 Å². The van der Waals surface area contributed by atoms with Crippen LogP contribution in [0.3, 0.4) is 0 Å². The molecule has 3 nitrogen and oxygen atoms in total. The Morgan fingerprint density at radius 2 is 1.95 bits per heavy atom. The lowest BCUT2D eigenvalue weighted by Crippen LogP contribution is -2.14.